The summed E-state index contributed by atoms with van der Waals surface area (Å²) in [5.41, 5.74) is -0.811. The van der Waals surface area contributed by atoms with Gasteiger partial charge in [0.1, 0.15) is 0 Å². The van der Waals surface area contributed by atoms with Crippen molar-refractivity contribution in [1.82, 2.24) is 10.6 Å². The number of rotatable bonds is 10. The molecule has 0 atom stereocenters. The lowest BCUT2D eigenvalue weighted by Crippen LogP contribution is -2.36. The van der Waals surface area contributed by atoms with Crippen LogP contribution < -0.4 is 10.6 Å². The summed E-state index contributed by atoms with van der Waals surface area (Å²) in [7, 11) is 1.54. The SMILES string of the molecule is CC(C)C(=O)C(=O)NCCC(C)(C)O.COCCNC(=O)C(=O)C(C)C. The molecular formula is C18H34N2O6. The van der Waals surface area contributed by atoms with Gasteiger partial charge in [-0.2, -0.15) is 0 Å². The van der Waals surface area contributed by atoms with Gasteiger partial charge in [-0.25, -0.2) is 0 Å². The third-order valence-corrected chi connectivity index (χ3v) is 3.11. The molecule has 0 aromatic heterocycles. The summed E-state index contributed by atoms with van der Waals surface area (Å²) < 4.78 is 4.71. The zero-order chi connectivity index (χ0) is 20.9. The molecule has 26 heavy (non-hydrogen) atoms. The van der Waals surface area contributed by atoms with Crippen molar-refractivity contribution in [2.24, 2.45) is 11.8 Å². The highest BCUT2D eigenvalue weighted by atomic mass is 16.5. The zero-order valence-corrected chi connectivity index (χ0v) is 17.0. The van der Waals surface area contributed by atoms with Crippen LogP contribution in [-0.4, -0.2) is 60.9 Å². The van der Waals surface area contributed by atoms with Gasteiger partial charge < -0.3 is 20.5 Å². The molecule has 0 aromatic rings. The van der Waals surface area contributed by atoms with E-state index in [0.717, 1.165) is 0 Å². The van der Waals surface area contributed by atoms with Crippen LogP contribution in [0.3, 0.4) is 0 Å². The summed E-state index contributed by atoms with van der Waals surface area (Å²) in [5.74, 6) is -2.41. The lowest BCUT2D eigenvalue weighted by atomic mass is 10.1. The molecule has 2 amide bonds. The normalized spacial score (nSPS) is 10.8. The molecule has 0 aliphatic heterocycles. The number of carbonyl (C=O) groups is 4. The second-order valence-corrected chi connectivity index (χ2v) is 7.10. The van der Waals surface area contributed by atoms with E-state index in [0.29, 0.717) is 26.1 Å². The zero-order valence-electron chi connectivity index (χ0n) is 17.0. The maximum absolute atomic E-state index is 11.1. The first kappa shape index (κ1) is 26.4. The van der Waals surface area contributed by atoms with E-state index >= 15 is 0 Å². The number of nitrogens with one attached hydrogen (secondary N) is 2. The highest BCUT2D eigenvalue weighted by molar-refractivity contribution is 6.37. The molecule has 0 rings (SSSR count). The van der Waals surface area contributed by atoms with Gasteiger partial charge in [-0.1, -0.05) is 27.7 Å². The molecular weight excluding hydrogens is 340 g/mol. The monoisotopic (exact) mass is 374 g/mol. The highest BCUT2D eigenvalue weighted by Crippen LogP contribution is 2.05. The first-order valence-corrected chi connectivity index (χ1v) is 8.68. The van der Waals surface area contributed by atoms with Gasteiger partial charge in [0, 0.05) is 32.0 Å². The van der Waals surface area contributed by atoms with Crippen molar-refractivity contribution in [2.75, 3.05) is 26.8 Å². The third kappa shape index (κ3) is 14.5. The maximum Gasteiger partial charge on any atom is 0.287 e. The Balaban J connectivity index is 0. The first-order chi connectivity index (χ1) is 11.8. The number of hydrogen-bond donors (Lipinski definition) is 3. The van der Waals surface area contributed by atoms with Crippen molar-refractivity contribution in [3.05, 3.63) is 0 Å². The number of amides is 2. The second kappa shape index (κ2) is 13.4. The Bertz CT molecular complexity index is 467. The Morgan fingerprint density at radius 2 is 1.27 bits per heavy atom. The lowest BCUT2D eigenvalue weighted by molar-refractivity contribution is -0.139. The minimum absolute atomic E-state index is 0.243. The molecule has 0 bridgehead atoms. The molecule has 8 nitrogen and oxygen atoms in total. The van der Waals surface area contributed by atoms with Crippen LogP contribution in [0.25, 0.3) is 0 Å². The van der Waals surface area contributed by atoms with Gasteiger partial charge in [0.05, 0.1) is 12.2 Å². The van der Waals surface area contributed by atoms with Gasteiger partial charge in [0.25, 0.3) is 11.8 Å². The maximum atomic E-state index is 11.1. The van der Waals surface area contributed by atoms with Crippen LogP contribution in [0.15, 0.2) is 0 Å². The average molecular weight is 374 g/mol. The second-order valence-electron chi connectivity index (χ2n) is 7.10. The van der Waals surface area contributed by atoms with Crippen LogP contribution in [0.1, 0.15) is 48.0 Å². The van der Waals surface area contributed by atoms with Crippen LogP contribution in [0.2, 0.25) is 0 Å². The number of ketones is 2. The lowest BCUT2D eigenvalue weighted by Gasteiger charge is -2.16. The van der Waals surface area contributed by atoms with Gasteiger partial charge in [-0.05, 0) is 20.3 Å². The average Bonchev–Trinajstić information content (AvgIpc) is 2.52. The van der Waals surface area contributed by atoms with Crippen molar-refractivity contribution in [1.29, 1.82) is 0 Å². The van der Waals surface area contributed by atoms with E-state index in [9.17, 15) is 24.3 Å². The summed E-state index contributed by atoms with van der Waals surface area (Å²) in [4.78, 5) is 44.2. The van der Waals surface area contributed by atoms with Gasteiger partial charge >= 0.3 is 0 Å². The molecule has 8 heteroatoms. The Labute approximate surface area is 156 Å². The topological polar surface area (TPSA) is 122 Å². The van der Waals surface area contributed by atoms with Crippen molar-refractivity contribution < 1.29 is 29.0 Å². The molecule has 0 radical (unpaired) electrons. The van der Waals surface area contributed by atoms with Gasteiger partial charge in [0.15, 0.2) is 0 Å². The number of methoxy groups -OCH3 is 1. The summed E-state index contributed by atoms with van der Waals surface area (Å²) >= 11 is 0. The first-order valence-electron chi connectivity index (χ1n) is 8.68. The molecule has 0 unspecified atom stereocenters. The van der Waals surface area contributed by atoms with Crippen molar-refractivity contribution in [3.63, 3.8) is 0 Å². The molecule has 0 spiro atoms. The number of aliphatic hydroxyl groups is 1. The quantitative estimate of drug-likeness (QED) is 0.377. The fraction of sp³-hybridized carbons (Fsp3) is 0.778. The number of Topliss-reactive ketones (excluding diaryl/α,β-unsaturated/α-hetero) is 2. The van der Waals surface area contributed by atoms with Crippen molar-refractivity contribution in [3.8, 4) is 0 Å². The summed E-state index contributed by atoms with van der Waals surface area (Å²) in [6, 6.07) is 0. The summed E-state index contributed by atoms with van der Waals surface area (Å²) in [6.45, 7) is 11.2. The fourth-order valence-electron chi connectivity index (χ4n) is 1.45. The minimum Gasteiger partial charge on any atom is -0.390 e. The minimum atomic E-state index is -0.811. The summed E-state index contributed by atoms with van der Waals surface area (Å²) in [6.07, 6.45) is 0.435. The van der Waals surface area contributed by atoms with E-state index in [1.54, 1.807) is 41.5 Å². The van der Waals surface area contributed by atoms with Gasteiger partial charge in [-0.3, -0.25) is 19.2 Å². The van der Waals surface area contributed by atoms with Gasteiger partial charge in [0.2, 0.25) is 11.6 Å². The number of carbonyl (C=O) groups excluding carboxylic acids is 4. The van der Waals surface area contributed by atoms with Crippen molar-refractivity contribution in [2.45, 2.75) is 53.6 Å². The molecule has 0 fully saturated rings. The molecule has 0 saturated heterocycles. The van der Waals surface area contributed by atoms with E-state index < -0.39 is 23.2 Å². The number of ether oxygens (including phenoxy) is 1. The van der Waals surface area contributed by atoms with Crippen LogP contribution in [-0.2, 0) is 23.9 Å². The van der Waals surface area contributed by atoms with E-state index in [-0.39, 0.29) is 17.6 Å². The van der Waals surface area contributed by atoms with Crippen LogP contribution >= 0.6 is 0 Å². The number of hydrogen-bond acceptors (Lipinski definition) is 6. The highest BCUT2D eigenvalue weighted by Gasteiger charge is 2.18. The Morgan fingerprint density at radius 3 is 1.58 bits per heavy atom. The standard InChI is InChI=1S/C10H19NO3.C8H15NO3/c1-7(2)8(12)9(13)11-6-5-10(3,4)14;1-6(2)7(10)8(11)9-4-5-12-3/h7,14H,5-6H2,1-4H3,(H,11,13);6H,4-5H2,1-3H3,(H,9,11). The van der Waals surface area contributed by atoms with E-state index in [1.165, 1.54) is 7.11 Å². The van der Waals surface area contributed by atoms with Crippen molar-refractivity contribution >= 4 is 23.4 Å². The van der Waals surface area contributed by atoms with E-state index in [1.807, 2.05) is 0 Å². The third-order valence-electron chi connectivity index (χ3n) is 3.11. The van der Waals surface area contributed by atoms with Crippen LogP contribution in [0.4, 0.5) is 0 Å². The van der Waals surface area contributed by atoms with E-state index in [4.69, 9.17) is 4.74 Å². The molecule has 0 heterocycles. The Morgan fingerprint density at radius 1 is 0.885 bits per heavy atom. The van der Waals surface area contributed by atoms with Crippen LogP contribution in [0.5, 0.6) is 0 Å². The van der Waals surface area contributed by atoms with E-state index in [2.05, 4.69) is 10.6 Å². The molecule has 0 saturated carbocycles. The molecule has 0 aromatic carbocycles. The molecule has 0 aliphatic carbocycles. The molecule has 152 valence electrons. The molecule has 0 aliphatic rings. The smallest absolute Gasteiger partial charge is 0.287 e. The largest absolute Gasteiger partial charge is 0.390 e. The fourth-order valence-corrected chi connectivity index (χ4v) is 1.45. The summed E-state index contributed by atoms with van der Waals surface area (Å²) in [5, 5.41) is 14.3. The predicted molar refractivity (Wildman–Crippen MR) is 98.5 cm³/mol. The Hall–Kier alpha value is -1.80. The van der Waals surface area contributed by atoms with Gasteiger partial charge in [-0.15, -0.1) is 0 Å². The Kier molecular flexibility index (Phi) is 13.6. The van der Waals surface area contributed by atoms with Crippen LogP contribution in [0, 0.1) is 11.8 Å². The predicted octanol–water partition coefficient (Wildman–Crippen LogP) is 0.463. The molecule has 3 N–H and O–H groups in total.